The van der Waals surface area contributed by atoms with Crippen LogP contribution in [0.4, 0.5) is 24.5 Å². The molecule has 2 atom stereocenters. The van der Waals surface area contributed by atoms with Gasteiger partial charge in [0, 0.05) is 85.1 Å². The van der Waals surface area contributed by atoms with Gasteiger partial charge in [-0.05, 0) is 110 Å². The summed E-state index contributed by atoms with van der Waals surface area (Å²) in [7, 11) is -4.35. The Bertz CT molecular complexity index is 2840. The van der Waals surface area contributed by atoms with Crippen molar-refractivity contribution in [1.82, 2.24) is 29.4 Å². The number of piperidine rings is 2. The van der Waals surface area contributed by atoms with Crippen LogP contribution < -0.4 is 14.9 Å². The van der Waals surface area contributed by atoms with Crippen molar-refractivity contribution in [2.75, 3.05) is 48.9 Å². The summed E-state index contributed by atoms with van der Waals surface area (Å²) in [4.78, 5) is 53.6. The number of nitrogens with one attached hydrogen (secondary N) is 3. The zero-order chi connectivity index (χ0) is 44.5. The number of aromatic amines is 1. The zero-order valence-electron chi connectivity index (χ0n) is 35.0. The molecule has 4 saturated heterocycles. The first-order valence-corrected chi connectivity index (χ1v) is 23.1. The highest BCUT2D eigenvalue weighted by molar-refractivity contribution is 7.90. The van der Waals surface area contributed by atoms with E-state index < -0.39 is 51.1 Å². The lowest BCUT2D eigenvalue weighted by molar-refractivity contribution is -0.126. The van der Waals surface area contributed by atoms with Crippen LogP contribution in [0, 0.1) is 17.0 Å². The Labute approximate surface area is 368 Å². The van der Waals surface area contributed by atoms with Crippen molar-refractivity contribution >= 4 is 50.2 Å². The van der Waals surface area contributed by atoms with E-state index in [9.17, 15) is 27.2 Å². The van der Waals surface area contributed by atoms with Crippen LogP contribution in [0.5, 0.6) is 0 Å². The van der Waals surface area contributed by atoms with Crippen molar-refractivity contribution in [2.45, 2.75) is 63.8 Å². The molecule has 7 heterocycles. The minimum atomic E-state index is -4.35. The first kappa shape index (κ1) is 41.9. The van der Waals surface area contributed by atoms with Gasteiger partial charge in [-0.15, -0.1) is 0 Å². The summed E-state index contributed by atoms with van der Waals surface area (Å²) >= 11 is 0. The number of alkyl halides is 1. The van der Waals surface area contributed by atoms with Crippen LogP contribution in [0.2, 0.25) is 0 Å². The molecule has 3 aromatic carbocycles. The van der Waals surface area contributed by atoms with Gasteiger partial charge in [-0.1, -0.05) is 30.8 Å². The topological polar surface area (TPSA) is 151 Å². The molecule has 10 rings (SSSR count). The second-order valence-corrected chi connectivity index (χ2v) is 19.5. The van der Waals surface area contributed by atoms with E-state index in [1.807, 2.05) is 29.0 Å². The van der Waals surface area contributed by atoms with Crippen molar-refractivity contribution in [3.8, 4) is 11.1 Å². The van der Waals surface area contributed by atoms with Crippen molar-refractivity contribution in [3.05, 3.63) is 125 Å². The van der Waals surface area contributed by atoms with Gasteiger partial charge >= 0.3 is 10.2 Å². The number of carbonyl (C=O) groups excluding carboxylic acids is 3. The Balaban J connectivity index is 0.772. The highest BCUT2D eigenvalue weighted by atomic mass is 32.2. The average Bonchev–Trinajstić information content (AvgIpc) is 4.09. The predicted molar refractivity (Wildman–Crippen MR) is 235 cm³/mol. The average molecular weight is 893 g/mol. The quantitative estimate of drug-likeness (QED) is 0.132. The number of likely N-dealkylation sites (tertiary alicyclic amines) is 1. The maximum Gasteiger partial charge on any atom is 0.301 e. The highest BCUT2D eigenvalue weighted by Gasteiger charge is 2.42. The largest absolute Gasteiger partial charge is 0.371 e. The normalized spacial score (nSPS) is 21.6. The summed E-state index contributed by atoms with van der Waals surface area (Å²) in [5.41, 5.74) is 5.09. The first-order valence-electron chi connectivity index (χ1n) is 21.7. The lowest BCUT2D eigenvalue weighted by atomic mass is 9.77. The molecule has 64 heavy (non-hydrogen) atoms. The summed E-state index contributed by atoms with van der Waals surface area (Å²) in [6, 6.07) is 17.2. The number of aromatic nitrogens is 2. The highest BCUT2D eigenvalue weighted by Crippen LogP contribution is 2.43. The number of rotatable bonds is 10. The van der Waals surface area contributed by atoms with Crippen molar-refractivity contribution in [1.29, 1.82) is 0 Å². The molecular formula is C47H47F3N8O5S. The first-order chi connectivity index (χ1) is 30.7. The fraction of sp³-hybridized carbons (Fsp3) is 0.362. The number of anilines is 2. The smallest absolute Gasteiger partial charge is 0.301 e. The Morgan fingerprint density at radius 2 is 1.73 bits per heavy atom. The van der Waals surface area contributed by atoms with E-state index >= 15 is 8.78 Å². The number of ketones is 1. The molecular weight excluding hydrogens is 846 g/mol. The number of allylic oxidation sites excluding steroid dienone is 1. The number of hydrogen-bond donors (Lipinski definition) is 3. The Morgan fingerprint density at radius 3 is 2.48 bits per heavy atom. The molecule has 4 fully saturated rings. The Morgan fingerprint density at radius 1 is 0.953 bits per heavy atom. The Hall–Kier alpha value is -6.04. The molecule has 13 nitrogen and oxygen atoms in total. The minimum absolute atomic E-state index is 0.00565. The maximum absolute atomic E-state index is 15.8. The van der Waals surface area contributed by atoms with Crippen molar-refractivity contribution in [3.63, 3.8) is 0 Å². The standard InChI is InChI=1S/C47H47F3N8O5S/c1-28-2-11-40(45(60)53-28)58-25-32-20-29(3-8-35(32)46(58)61)24-55-17-13-47(14-18-55)15-19-56(27-47)34-6-4-30(5-7-34)31-21-36-37(23-52-44(36)51-22-31)43(59)41-38(49)9-10-39(42(41)50)54-64(62,63)57-16-12-33(48)26-57/h3-10,20-23,33,40,54H,1-2,11-19,24-27H2,(H,51,52)(H,53,60)/t33-,40?/m1/s1. The van der Waals surface area contributed by atoms with Gasteiger partial charge < -0.3 is 20.1 Å². The van der Waals surface area contributed by atoms with Gasteiger partial charge in [0.2, 0.25) is 11.7 Å². The van der Waals surface area contributed by atoms with E-state index in [0.29, 0.717) is 47.2 Å². The van der Waals surface area contributed by atoms with Crippen LogP contribution in [-0.4, -0.2) is 102 Å². The second-order valence-electron chi connectivity index (χ2n) is 17.9. The molecule has 1 unspecified atom stereocenters. The SMILES string of the molecule is C=C1CCC(N2Cc3cc(CN4CCC5(CC4)CCN(c4ccc(-c6cnc7[nH]cc(C(=O)c8c(F)ccc(NS(=O)(=O)N9CC[C@@H](F)C9)c8F)c7c6)cc4)C5)ccc3C2=O)C(=O)N1. The second kappa shape index (κ2) is 16.2. The van der Waals surface area contributed by atoms with Crippen LogP contribution >= 0.6 is 0 Å². The van der Waals surface area contributed by atoms with Crippen LogP contribution in [-0.2, 0) is 28.1 Å². The predicted octanol–water partition coefficient (Wildman–Crippen LogP) is 6.68. The molecule has 5 aliphatic rings. The molecule has 5 aliphatic heterocycles. The molecule has 2 aromatic heterocycles. The summed E-state index contributed by atoms with van der Waals surface area (Å²) in [5.74, 6) is -3.79. The molecule has 0 bridgehead atoms. The fourth-order valence-electron chi connectivity index (χ4n) is 10.1. The molecule has 1 spiro atoms. The van der Waals surface area contributed by atoms with Crippen LogP contribution in [0.3, 0.4) is 0 Å². The molecule has 0 saturated carbocycles. The van der Waals surface area contributed by atoms with Gasteiger partial charge in [0.15, 0.2) is 5.82 Å². The molecule has 3 N–H and O–H groups in total. The molecule has 0 aliphatic carbocycles. The summed E-state index contributed by atoms with van der Waals surface area (Å²) in [5, 5.41) is 3.14. The molecule has 0 radical (unpaired) electrons. The number of carbonyl (C=O) groups is 3. The van der Waals surface area contributed by atoms with E-state index in [4.69, 9.17) is 0 Å². The molecule has 332 valence electrons. The lowest BCUT2D eigenvalue weighted by Crippen LogP contribution is -2.49. The van der Waals surface area contributed by atoms with Crippen molar-refractivity contribution in [2.24, 2.45) is 5.41 Å². The third-order valence-corrected chi connectivity index (χ3v) is 15.3. The number of H-pyrrole nitrogens is 1. The van der Waals surface area contributed by atoms with Crippen molar-refractivity contribution < 1.29 is 36.0 Å². The summed E-state index contributed by atoms with van der Waals surface area (Å²) in [6.07, 6.45) is 6.15. The van der Waals surface area contributed by atoms with Gasteiger partial charge in [0.25, 0.3) is 5.91 Å². The number of nitrogens with zero attached hydrogens (tertiary/aromatic N) is 5. The van der Waals surface area contributed by atoms with Gasteiger partial charge in [0.1, 0.15) is 23.7 Å². The van der Waals surface area contributed by atoms with E-state index in [2.05, 4.69) is 49.9 Å². The summed E-state index contributed by atoms with van der Waals surface area (Å²) < 4.78 is 73.2. The molecule has 5 aromatic rings. The maximum atomic E-state index is 15.8. The molecule has 17 heteroatoms. The third kappa shape index (κ3) is 7.72. The lowest BCUT2D eigenvalue weighted by Gasteiger charge is -2.39. The van der Waals surface area contributed by atoms with Crippen LogP contribution in [0.1, 0.15) is 75.9 Å². The minimum Gasteiger partial charge on any atom is -0.371 e. The number of pyridine rings is 1. The van der Waals surface area contributed by atoms with E-state index in [1.165, 1.54) is 11.8 Å². The third-order valence-electron chi connectivity index (χ3n) is 13.8. The van der Waals surface area contributed by atoms with E-state index in [-0.39, 0.29) is 42.3 Å². The number of amides is 2. The van der Waals surface area contributed by atoms with Gasteiger partial charge in [-0.2, -0.15) is 12.7 Å². The number of fused-ring (bicyclic) bond motifs is 2. The zero-order valence-corrected chi connectivity index (χ0v) is 35.8. The van der Waals surface area contributed by atoms with E-state index in [0.717, 1.165) is 85.2 Å². The monoisotopic (exact) mass is 892 g/mol. The van der Waals surface area contributed by atoms with Gasteiger partial charge in [-0.25, -0.2) is 18.2 Å². The van der Waals surface area contributed by atoms with Gasteiger partial charge in [0.05, 0.1) is 11.3 Å². The summed E-state index contributed by atoms with van der Waals surface area (Å²) in [6.45, 7) is 8.47. The number of halogens is 3. The van der Waals surface area contributed by atoms with E-state index in [1.54, 1.807) is 17.2 Å². The Kier molecular flexibility index (Phi) is 10.6. The number of benzene rings is 3. The fourth-order valence-corrected chi connectivity index (χ4v) is 11.4. The van der Waals surface area contributed by atoms with Gasteiger partial charge in [-0.3, -0.25) is 24.0 Å². The number of hydrogen-bond acceptors (Lipinski definition) is 8. The van der Waals surface area contributed by atoms with Crippen LogP contribution in [0.25, 0.3) is 22.2 Å². The van der Waals surface area contributed by atoms with Crippen LogP contribution in [0.15, 0.2) is 85.3 Å². The molecule has 2 amide bonds.